The number of aliphatic imine (C=N–C) groups is 2. The summed E-state index contributed by atoms with van der Waals surface area (Å²) in [4.78, 5) is 19.5. The molecule has 2 aromatic carbocycles. The lowest BCUT2D eigenvalue weighted by Gasteiger charge is -1.98. The summed E-state index contributed by atoms with van der Waals surface area (Å²) in [6.45, 7) is 0. The summed E-state index contributed by atoms with van der Waals surface area (Å²) in [5.74, 6) is 0.329. The maximum atomic E-state index is 9.90. The second-order valence-corrected chi connectivity index (χ2v) is 10.3. The number of phenolic OH excluding ortho intramolecular Hbond substituents is 2. The maximum absolute atomic E-state index is 9.90. The van der Waals surface area contributed by atoms with Crippen LogP contribution in [-0.2, 0) is 6.42 Å². The smallest absolute Gasteiger partial charge is 0.209 e. The highest BCUT2D eigenvalue weighted by molar-refractivity contribution is 9.10. The quantitative estimate of drug-likeness (QED) is 0.252. The van der Waals surface area contributed by atoms with E-state index < -0.39 is 0 Å². The molecule has 0 spiro atoms. The molecule has 2 aromatic heterocycles. The predicted molar refractivity (Wildman–Crippen MR) is 133 cm³/mol. The lowest BCUT2D eigenvalue weighted by molar-refractivity contribution is 0.474. The number of rotatable bonds is 6. The van der Waals surface area contributed by atoms with Crippen LogP contribution in [0.4, 0.5) is 10.3 Å². The normalized spacial score (nSPS) is 11.7. The molecular formula is C21H14Br2N4O2S2. The van der Waals surface area contributed by atoms with Crippen LogP contribution in [0.1, 0.15) is 20.9 Å². The Morgan fingerprint density at radius 1 is 0.774 bits per heavy atom. The Bertz CT molecular complexity index is 1190. The fourth-order valence-electron chi connectivity index (χ4n) is 2.56. The molecule has 2 N–H and O–H groups in total. The van der Waals surface area contributed by atoms with E-state index in [1.807, 2.05) is 0 Å². The van der Waals surface area contributed by atoms with Crippen molar-refractivity contribution in [3.63, 3.8) is 0 Å². The standard InChI is InChI=1S/C21H14Br2N4O2S2/c22-14-1-3-18(28)12(5-14)8-24-20-26-10-16(30-20)7-17-11-27-21(31-17)25-9-13-6-15(23)2-4-19(13)29/h1-6,8-11,28-29H,7H2/b24-8+,25-9+. The van der Waals surface area contributed by atoms with E-state index in [9.17, 15) is 10.2 Å². The molecule has 0 aliphatic carbocycles. The van der Waals surface area contributed by atoms with Gasteiger partial charge >= 0.3 is 0 Å². The number of aromatic hydroxyl groups is 2. The Kier molecular flexibility index (Phi) is 6.91. The van der Waals surface area contributed by atoms with Gasteiger partial charge in [-0.25, -0.2) is 20.0 Å². The van der Waals surface area contributed by atoms with Gasteiger partial charge in [0.1, 0.15) is 11.5 Å². The van der Waals surface area contributed by atoms with Gasteiger partial charge in [0, 0.05) is 61.1 Å². The molecule has 0 atom stereocenters. The number of aromatic nitrogens is 2. The molecule has 0 unspecified atom stereocenters. The van der Waals surface area contributed by atoms with Gasteiger partial charge in [-0.2, -0.15) is 0 Å². The van der Waals surface area contributed by atoms with Crippen molar-refractivity contribution in [1.82, 2.24) is 9.97 Å². The average Bonchev–Trinajstić information content (AvgIpc) is 3.39. The van der Waals surface area contributed by atoms with Crippen molar-refractivity contribution in [2.45, 2.75) is 6.42 Å². The Balaban J connectivity index is 1.42. The van der Waals surface area contributed by atoms with E-state index in [2.05, 4.69) is 51.8 Å². The van der Waals surface area contributed by atoms with Crippen molar-refractivity contribution in [2.24, 2.45) is 9.98 Å². The zero-order chi connectivity index (χ0) is 21.8. The molecule has 6 nitrogen and oxygen atoms in total. The molecule has 0 amide bonds. The number of halogens is 2. The van der Waals surface area contributed by atoms with Gasteiger partial charge in [-0.15, -0.1) is 0 Å². The van der Waals surface area contributed by atoms with Gasteiger partial charge in [-0.05, 0) is 36.4 Å². The summed E-state index contributed by atoms with van der Waals surface area (Å²) in [6.07, 6.45) is 7.46. The van der Waals surface area contributed by atoms with E-state index in [0.717, 1.165) is 18.7 Å². The van der Waals surface area contributed by atoms with E-state index in [-0.39, 0.29) is 11.5 Å². The number of hydrogen-bond acceptors (Lipinski definition) is 8. The minimum atomic E-state index is 0.164. The molecule has 2 heterocycles. The lowest BCUT2D eigenvalue weighted by Crippen LogP contribution is -1.81. The first kappa shape index (κ1) is 21.8. The second kappa shape index (κ2) is 9.82. The van der Waals surface area contributed by atoms with Crippen molar-refractivity contribution >= 4 is 77.2 Å². The zero-order valence-electron chi connectivity index (χ0n) is 15.7. The number of benzene rings is 2. The summed E-state index contributed by atoms with van der Waals surface area (Å²) in [7, 11) is 0. The summed E-state index contributed by atoms with van der Waals surface area (Å²) >= 11 is 9.72. The first-order valence-electron chi connectivity index (χ1n) is 8.91. The van der Waals surface area contributed by atoms with Gasteiger partial charge in [0.2, 0.25) is 10.3 Å². The molecule has 0 saturated heterocycles. The van der Waals surface area contributed by atoms with Crippen molar-refractivity contribution in [3.05, 3.63) is 78.6 Å². The fraction of sp³-hybridized carbons (Fsp3) is 0.0476. The summed E-state index contributed by atoms with van der Waals surface area (Å²) in [5, 5.41) is 21.0. The molecule has 0 aliphatic rings. The second-order valence-electron chi connectivity index (χ2n) is 6.32. The van der Waals surface area contributed by atoms with E-state index in [1.165, 1.54) is 22.7 Å². The highest BCUT2D eigenvalue weighted by Crippen LogP contribution is 2.29. The molecule has 0 saturated carbocycles. The minimum Gasteiger partial charge on any atom is -0.507 e. The van der Waals surface area contributed by atoms with Crippen molar-refractivity contribution in [2.75, 3.05) is 0 Å². The Morgan fingerprint density at radius 3 is 1.68 bits per heavy atom. The molecule has 0 radical (unpaired) electrons. The Hall–Kier alpha value is -2.40. The third-order valence-electron chi connectivity index (χ3n) is 4.04. The van der Waals surface area contributed by atoms with Crippen LogP contribution >= 0.6 is 54.5 Å². The number of phenols is 2. The molecule has 4 aromatic rings. The summed E-state index contributed by atoms with van der Waals surface area (Å²) in [6, 6.07) is 10.3. The molecule has 156 valence electrons. The number of thiazole rings is 2. The highest BCUT2D eigenvalue weighted by atomic mass is 79.9. The number of hydrogen-bond donors (Lipinski definition) is 2. The zero-order valence-corrected chi connectivity index (χ0v) is 20.5. The van der Waals surface area contributed by atoms with Crippen LogP contribution < -0.4 is 0 Å². The van der Waals surface area contributed by atoms with Gasteiger partial charge in [0.05, 0.1) is 0 Å². The van der Waals surface area contributed by atoms with Gasteiger partial charge in [0.25, 0.3) is 0 Å². The first-order chi connectivity index (χ1) is 15.0. The van der Waals surface area contributed by atoms with Gasteiger partial charge in [-0.1, -0.05) is 54.5 Å². The highest BCUT2D eigenvalue weighted by Gasteiger charge is 2.07. The molecule has 0 fully saturated rings. The summed E-state index contributed by atoms with van der Waals surface area (Å²) in [5.41, 5.74) is 1.24. The van der Waals surface area contributed by atoms with Crippen LogP contribution in [0.3, 0.4) is 0 Å². The predicted octanol–water partition coefficient (Wildman–Crippen LogP) is 6.63. The minimum absolute atomic E-state index is 0.164. The van der Waals surface area contributed by atoms with Crippen molar-refractivity contribution < 1.29 is 10.2 Å². The molecule has 31 heavy (non-hydrogen) atoms. The lowest BCUT2D eigenvalue weighted by atomic mass is 10.2. The van der Waals surface area contributed by atoms with Gasteiger partial charge in [0.15, 0.2) is 0 Å². The molecular weight excluding hydrogens is 564 g/mol. The van der Waals surface area contributed by atoms with Gasteiger partial charge in [-0.3, -0.25) is 0 Å². The average molecular weight is 578 g/mol. The topological polar surface area (TPSA) is 91.0 Å². The number of nitrogens with zero attached hydrogens (tertiary/aromatic N) is 4. The largest absolute Gasteiger partial charge is 0.507 e. The third kappa shape index (κ3) is 5.85. The van der Waals surface area contributed by atoms with Crippen LogP contribution in [0.5, 0.6) is 11.5 Å². The van der Waals surface area contributed by atoms with Crippen LogP contribution in [0.2, 0.25) is 0 Å². The van der Waals surface area contributed by atoms with E-state index in [4.69, 9.17) is 0 Å². The van der Waals surface area contributed by atoms with E-state index in [0.29, 0.717) is 27.8 Å². The van der Waals surface area contributed by atoms with Crippen LogP contribution in [0.15, 0.2) is 67.7 Å². The fourth-order valence-corrected chi connectivity index (χ4v) is 4.96. The summed E-state index contributed by atoms with van der Waals surface area (Å²) < 4.78 is 1.73. The van der Waals surface area contributed by atoms with Crippen LogP contribution in [-0.4, -0.2) is 32.6 Å². The third-order valence-corrected chi connectivity index (χ3v) is 6.84. The SMILES string of the molecule is Oc1ccc(Br)cc1/C=N/c1ncc(Cc2cnc(/N=C/c3cc(Br)ccc3O)s2)s1. The van der Waals surface area contributed by atoms with Crippen molar-refractivity contribution in [1.29, 1.82) is 0 Å². The monoisotopic (exact) mass is 576 g/mol. The molecule has 0 aliphatic heterocycles. The Morgan fingerprint density at radius 2 is 1.23 bits per heavy atom. The molecule has 10 heteroatoms. The van der Waals surface area contributed by atoms with Crippen LogP contribution in [0.25, 0.3) is 0 Å². The van der Waals surface area contributed by atoms with E-state index in [1.54, 1.807) is 61.2 Å². The van der Waals surface area contributed by atoms with Crippen molar-refractivity contribution in [3.8, 4) is 11.5 Å². The maximum Gasteiger partial charge on any atom is 0.209 e. The molecule has 4 rings (SSSR count). The van der Waals surface area contributed by atoms with Crippen LogP contribution in [0, 0.1) is 0 Å². The first-order valence-corrected chi connectivity index (χ1v) is 12.1. The van der Waals surface area contributed by atoms with Gasteiger partial charge < -0.3 is 10.2 Å². The Labute approximate surface area is 203 Å². The molecule has 0 bridgehead atoms. The van der Waals surface area contributed by atoms with E-state index >= 15 is 0 Å².